The van der Waals surface area contributed by atoms with E-state index in [1.807, 2.05) is 32.9 Å². The van der Waals surface area contributed by atoms with Crippen LogP contribution in [0.25, 0.3) is 5.82 Å². The van der Waals surface area contributed by atoms with Crippen LogP contribution in [0, 0.1) is 20.8 Å². The number of carbonyl (C=O) groups excluding carboxylic acids is 1. The van der Waals surface area contributed by atoms with Crippen molar-refractivity contribution >= 4 is 34.8 Å². The fourth-order valence-corrected chi connectivity index (χ4v) is 2.84. The highest BCUT2D eigenvalue weighted by Gasteiger charge is 2.16. The summed E-state index contributed by atoms with van der Waals surface area (Å²) in [6, 6.07) is 10.6. The first kappa shape index (κ1) is 17.5. The van der Waals surface area contributed by atoms with Crippen LogP contribution in [0.15, 0.2) is 36.4 Å². The molecule has 25 heavy (non-hydrogen) atoms. The Kier molecular flexibility index (Phi) is 4.79. The summed E-state index contributed by atoms with van der Waals surface area (Å²) < 4.78 is 1.67. The van der Waals surface area contributed by atoms with E-state index in [9.17, 15) is 4.79 Å². The molecule has 1 aromatic carbocycles. The number of anilines is 1. The van der Waals surface area contributed by atoms with Gasteiger partial charge in [-0.05, 0) is 56.7 Å². The van der Waals surface area contributed by atoms with E-state index < -0.39 is 5.91 Å². The number of halogens is 2. The Bertz CT molecular complexity index is 966. The summed E-state index contributed by atoms with van der Waals surface area (Å²) in [5.74, 6) is 0.127. The third-order valence-corrected chi connectivity index (χ3v) is 4.26. The zero-order chi connectivity index (χ0) is 18.1. The van der Waals surface area contributed by atoms with Crippen LogP contribution in [0.2, 0.25) is 10.0 Å². The molecule has 1 amide bonds. The minimum atomic E-state index is -0.404. The lowest BCUT2D eigenvalue weighted by Crippen LogP contribution is -2.16. The largest absolute Gasteiger partial charge is 0.320 e. The van der Waals surface area contributed by atoms with Gasteiger partial charge in [0.25, 0.3) is 5.91 Å². The van der Waals surface area contributed by atoms with Gasteiger partial charge in [0.2, 0.25) is 0 Å². The molecular formula is C18H16Cl2N4O. The average Bonchev–Trinajstić information content (AvgIpc) is 2.90. The minimum absolute atomic E-state index is 0.131. The van der Waals surface area contributed by atoms with E-state index in [2.05, 4.69) is 15.4 Å². The van der Waals surface area contributed by atoms with E-state index in [1.54, 1.807) is 28.9 Å². The Morgan fingerprint density at radius 3 is 2.52 bits per heavy atom. The molecule has 0 bridgehead atoms. The molecule has 2 heterocycles. The molecule has 0 radical (unpaired) electrons. The highest BCUT2D eigenvalue weighted by Crippen LogP contribution is 2.23. The summed E-state index contributed by atoms with van der Waals surface area (Å²) in [7, 11) is 0. The zero-order valence-electron chi connectivity index (χ0n) is 14.0. The summed E-state index contributed by atoms with van der Waals surface area (Å²) in [5, 5.41) is 7.99. The average molecular weight is 375 g/mol. The first-order chi connectivity index (χ1) is 11.8. The van der Waals surface area contributed by atoms with Crippen molar-refractivity contribution in [1.29, 1.82) is 0 Å². The van der Waals surface area contributed by atoms with Crippen molar-refractivity contribution in [2.75, 3.05) is 5.32 Å². The van der Waals surface area contributed by atoms with E-state index in [0.29, 0.717) is 16.5 Å². The standard InChI is InChI=1S/C18H16Cl2N4O/c1-10-4-5-13(19)9-15(10)21-18(25)17-14(20)6-7-16(22-17)24-12(3)8-11(2)23-24/h4-9H,1-3H3,(H,21,25). The van der Waals surface area contributed by atoms with Crippen molar-refractivity contribution in [2.24, 2.45) is 0 Å². The quantitative estimate of drug-likeness (QED) is 0.719. The molecule has 1 N–H and O–H groups in total. The van der Waals surface area contributed by atoms with Gasteiger partial charge in [-0.2, -0.15) is 5.10 Å². The molecule has 5 nitrogen and oxygen atoms in total. The van der Waals surface area contributed by atoms with Crippen LogP contribution in [-0.4, -0.2) is 20.7 Å². The molecule has 0 saturated carbocycles. The maximum absolute atomic E-state index is 12.6. The van der Waals surface area contributed by atoms with Crippen molar-refractivity contribution in [3.8, 4) is 5.82 Å². The van der Waals surface area contributed by atoms with E-state index in [0.717, 1.165) is 17.0 Å². The normalized spacial score (nSPS) is 10.8. The Morgan fingerprint density at radius 2 is 1.84 bits per heavy atom. The topological polar surface area (TPSA) is 59.8 Å². The summed E-state index contributed by atoms with van der Waals surface area (Å²) in [4.78, 5) is 17.0. The summed E-state index contributed by atoms with van der Waals surface area (Å²) in [5.41, 5.74) is 3.43. The number of amides is 1. The molecule has 3 rings (SSSR count). The van der Waals surface area contributed by atoms with Gasteiger partial charge in [-0.25, -0.2) is 9.67 Å². The lowest BCUT2D eigenvalue weighted by atomic mass is 10.2. The predicted molar refractivity (Wildman–Crippen MR) is 100.0 cm³/mol. The fourth-order valence-electron chi connectivity index (χ4n) is 2.48. The Hall–Kier alpha value is -2.37. The van der Waals surface area contributed by atoms with Gasteiger partial charge < -0.3 is 5.32 Å². The second-order valence-corrected chi connectivity index (χ2v) is 6.60. The molecule has 0 aliphatic heterocycles. The number of hydrogen-bond donors (Lipinski definition) is 1. The van der Waals surface area contributed by atoms with Crippen molar-refractivity contribution in [1.82, 2.24) is 14.8 Å². The SMILES string of the molecule is Cc1cc(C)n(-c2ccc(Cl)c(C(=O)Nc3cc(Cl)ccc3C)n2)n1. The minimum Gasteiger partial charge on any atom is -0.320 e. The molecule has 2 aromatic heterocycles. The van der Waals surface area contributed by atoms with Gasteiger partial charge in [-0.3, -0.25) is 4.79 Å². The number of nitrogens with zero attached hydrogens (tertiary/aromatic N) is 3. The van der Waals surface area contributed by atoms with Crippen molar-refractivity contribution in [3.63, 3.8) is 0 Å². The van der Waals surface area contributed by atoms with E-state index in [-0.39, 0.29) is 10.7 Å². The number of hydrogen-bond acceptors (Lipinski definition) is 3. The summed E-state index contributed by atoms with van der Waals surface area (Å²) >= 11 is 12.2. The van der Waals surface area contributed by atoms with E-state index >= 15 is 0 Å². The molecule has 0 spiro atoms. The molecule has 0 aliphatic rings. The number of aryl methyl sites for hydroxylation is 3. The first-order valence-corrected chi connectivity index (χ1v) is 8.38. The predicted octanol–water partition coefficient (Wildman–Crippen LogP) is 4.75. The zero-order valence-corrected chi connectivity index (χ0v) is 15.5. The van der Waals surface area contributed by atoms with Crippen LogP contribution >= 0.6 is 23.2 Å². The van der Waals surface area contributed by atoms with Crippen LogP contribution in [0.4, 0.5) is 5.69 Å². The smallest absolute Gasteiger partial charge is 0.275 e. The molecule has 0 atom stereocenters. The number of pyridine rings is 1. The third-order valence-electron chi connectivity index (χ3n) is 3.72. The van der Waals surface area contributed by atoms with E-state index in [4.69, 9.17) is 23.2 Å². The lowest BCUT2D eigenvalue weighted by molar-refractivity contribution is 0.102. The summed E-state index contributed by atoms with van der Waals surface area (Å²) in [6.07, 6.45) is 0. The van der Waals surface area contributed by atoms with Gasteiger partial charge in [0.05, 0.1) is 10.7 Å². The second kappa shape index (κ2) is 6.86. The molecular weight excluding hydrogens is 359 g/mol. The Labute approximate surface area is 155 Å². The number of rotatable bonds is 3. The van der Waals surface area contributed by atoms with Crippen LogP contribution in [-0.2, 0) is 0 Å². The number of benzene rings is 1. The highest BCUT2D eigenvalue weighted by molar-refractivity contribution is 6.34. The maximum Gasteiger partial charge on any atom is 0.275 e. The highest BCUT2D eigenvalue weighted by atomic mass is 35.5. The molecule has 7 heteroatoms. The van der Waals surface area contributed by atoms with Crippen molar-refractivity contribution < 1.29 is 4.79 Å². The summed E-state index contributed by atoms with van der Waals surface area (Å²) in [6.45, 7) is 5.70. The van der Waals surface area contributed by atoms with Crippen molar-refractivity contribution in [2.45, 2.75) is 20.8 Å². The number of aromatic nitrogens is 3. The Balaban J connectivity index is 1.96. The monoisotopic (exact) mass is 374 g/mol. The molecule has 3 aromatic rings. The molecule has 0 aliphatic carbocycles. The van der Waals surface area contributed by atoms with Crippen LogP contribution in [0.3, 0.4) is 0 Å². The molecule has 128 valence electrons. The van der Waals surface area contributed by atoms with E-state index in [1.165, 1.54) is 0 Å². The van der Waals surface area contributed by atoms with Gasteiger partial charge in [0, 0.05) is 16.4 Å². The maximum atomic E-state index is 12.6. The van der Waals surface area contributed by atoms with Gasteiger partial charge >= 0.3 is 0 Å². The molecule has 0 fully saturated rings. The first-order valence-electron chi connectivity index (χ1n) is 7.63. The van der Waals surface area contributed by atoms with Gasteiger partial charge in [0.1, 0.15) is 5.69 Å². The van der Waals surface area contributed by atoms with Gasteiger partial charge in [0.15, 0.2) is 5.82 Å². The van der Waals surface area contributed by atoms with Gasteiger partial charge in [-0.15, -0.1) is 0 Å². The Morgan fingerprint density at radius 1 is 1.08 bits per heavy atom. The third kappa shape index (κ3) is 3.67. The molecule has 0 saturated heterocycles. The lowest BCUT2D eigenvalue weighted by Gasteiger charge is -2.11. The fraction of sp³-hybridized carbons (Fsp3) is 0.167. The van der Waals surface area contributed by atoms with Gasteiger partial charge in [-0.1, -0.05) is 29.3 Å². The van der Waals surface area contributed by atoms with Crippen molar-refractivity contribution in [3.05, 3.63) is 69.1 Å². The van der Waals surface area contributed by atoms with Crippen LogP contribution in [0.5, 0.6) is 0 Å². The van der Waals surface area contributed by atoms with Crippen LogP contribution < -0.4 is 5.32 Å². The number of carbonyl (C=O) groups is 1. The second-order valence-electron chi connectivity index (χ2n) is 5.75. The van der Waals surface area contributed by atoms with Crippen LogP contribution in [0.1, 0.15) is 27.4 Å². The molecule has 0 unspecified atom stereocenters. The number of nitrogens with one attached hydrogen (secondary N) is 1.